The van der Waals surface area contributed by atoms with E-state index < -0.39 is 0 Å². The molecule has 1 heterocycles. The van der Waals surface area contributed by atoms with Crippen LogP contribution in [0.2, 0.25) is 0 Å². The molecule has 0 saturated carbocycles. The summed E-state index contributed by atoms with van der Waals surface area (Å²) in [5, 5.41) is 12.0. The summed E-state index contributed by atoms with van der Waals surface area (Å²) in [6.07, 6.45) is 0. The summed E-state index contributed by atoms with van der Waals surface area (Å²) in [4.78, 5) is 1.99. The first kappa shape index (κ1) is 8.64. The molecule has 0 aromatic heterocycles. The fourth-order valence-corrected chi connectivity index (χ4v) is 1.60. The number of nitrogens with one attached hydrogen (secondary N) is 1. The molecular weight excluding hydrogens is 174 g/mol. The van der Waals surface area contributed by atoms with E-state index in [0.717, 1.165) is 17.2 Å². The van der Waals surface area contributed by atoms with Crippen LogP contribution < -0.4 is 10.2 Å². The lowest BCUT2D eigenvalue weighted by Crippen LogP contribution is -2.15. The van der Waals surface area contributed by atoms with Crippen molar-refractivity contribution in [3.63, 3.8) is 0 Å². The quantitative estimate of drug-likeness (QED) is 0.630. The first-order valence-electron chi connectivity index (χ1n) is 4.45. The third kappa shape index (κ3) is 1.12. The van der Waals surface area contributed by atoms with E-state index in [-0.39, 0.29) is 0 Å². The Balaban J connectivity index is 2.50. The molecular formula is C11H11N3. The lowest BCUT2D eigenvalue weighted by atomic mass is 10.3. The van der Waals surface area contributed by atoms with E-state index in [1.165, 1.54) is 0 Å². The molecule has 0 aliphatic carbocycles. The predicted molar refractivity (Wildman–Crippen MR) is 56.8 cm³/mol. The zero-order valence-corrected chi connectivity index (χ0v) is 8.20. The molecule has 0 spiro atoms. The summed E-state index contributed by atoms with van der Waals surface area (Å²) in [5.41, 5.74) is 2.86. The number of rotatable bonds is 0. The van der Waals surface area contributed by atoms with Crippen LogP contribution in [0.25, 0.3) is 0 Å². The molecule has 0 bridgehead atoms. The van der Waals surface area contributed by atoms with Gasteiger partial charge in [0.05, 0.1) is 23.0 Å². The molecule has 2 rings (SSSR count). The monoisotopic (exact) mass is 185 g/mol. The van der Waals surface area contributed by atoms with Crippen molar-refractivity contribution in [2.24, 2.45) is 0 Å². The summed E-state index contributed by atoms with van der Waals surface area (Å²) in [6, 6.07) is 10.1. The van der Waals surface area contributed by atoms with Crippen LogP contribution in [0.15, 0.2) is 35.7 Å². The lowest BCUT2D eigenvalue weighted by Gasteiger charge is -2.13. The Kier molecular flexibility index (Phi) is 1.90. The van der Waals surface area contributed by atoms with E-state index in [9.17, 15) is 0 Å². The highest BCUT2D eigenvalue weighted by Crippen LogP contribution is 2.35. The van der Waals surface area contributed by atoms with Gasteiger partial charge in [0.2, 0.25) is 0 Å². The highest BCUT2D eigenvalue weighted by Gasteiger charge is 2.21. The van der Waals surface area contributed by atoms with Crippen LogP contribution in [-0.4, -0.2) is 7.05 Å². The van der Waals surface area contributed by atoms with E-state index >= 15 is 0 Å². The molecule has 1 aliphatic rings. The molecule has 1 aromatic carbocycles. The Morgan fingerprint density at radius 2 is 2.14 bits per heavy atom. The number of para-hydroxylation sites is 2. The van der Waals surface area contributed by atoms with Crippen molar-refractivity contribution in [2.45, 2.75) is 6.92 Å². The second-order valence-corrected chi connectivity index (χ2v) is 3.29. The average molecular weight is 185 g/mol. The zero-order valence-electron chi connectivity index (χ0n) is 8.20. The van der Waals surface area contributed by atoms with Gasteiger partial charge in [0, 0.05) is 7.05 Å². The van der Waals surface area contributed by atoms with Gasteiger partial charge >= 0.3 is 0 Å². The number of hydrogen-bond donors (Lipinski definition) is 1. The molecule has 1 aromatic rings. The normalized spacial score (nSPS) is 17.1. The Morgan fingerprint density at radius 3 is 2.79 bits per heavy atom. The summed E-state index contributed by atoms with van der Waals surface area (Å²) < 4.78 is 0. The Hall–Kier alpha value is -1.95. The molecule has 3 nitrogen and oxygen atoms in total. The third-order valence-electron chi connectivity index (χ3n) is 2.38. The molecule has 0 fully saturated rings. The van der Waals surface area contributed by atoms with Crippen LogP contribution in [0, 0.1) is 11.3 Å². The van der Waals surface area contributed by atoms with Gasteiger partial charge in [-0.2, -0.15) is 5.26 Å². The predicted octanol–water partition coefficient (Wildman–Crippen LogP) is 2.30. The summed E-state index contributed by atoms with van der Waals surface area (Å²) in [7, 11) is 1.95. The van der Waals surface area contributed by atoms with E-state index in [2.05, 4.69) is 11.4 Å². The van der Waals surface area contributed by atoms with Crippen molar-refractivity contribution in [1.82, 2.24) is 0 Å². The molecule has 0 radical (unpaired) electrons. The molecule has 0 saturated heterocycles. The maximum Gasteiger partial charge on any atom is 0.124 e. The van der Waals surface area contributed by atoms with Crippen LogP contribution in [0.3, 0.4) is 0 Å². The molecule has 14 heavy (non-hydrogen) atoms. The van der Waals surface area contributed by atoms with Crippen LogP contribution in [-0.2, 0) is 0 Å². The second-order valence-electron chi connectivity index (χ2n) is 3.29. The minimum absolute atomic E-state index is 0.698. The number of allylic oxidation sites excluding steroid dienone is 1. The van der Waals surface area contributed by atoms with E-state index in [1.54, 1.807) is 0 Å². The van der Waals surface area contributed by atoms with Crippen molar-refractivity contribution in [3.05, 3.63) is 35.7 Å². The molecule has 1 N–H and O–H groups in total. The number of benzene rings is 1. The van der Waals surface area contributed by atoms with Gasteiger partial charge in [-0.25, -0.2) is 0 Å². The molecule has 0 unspecified atom stereocenters. The first-order valence-corrected chi connectivity index (χ1v) is 4.45. The Labute approximate surface area is 83.3 Å². The highest BCUT2D eigenvalue weighted by molar-refractivity contribution is 5.81. The van der Waals surface area contributed by atoms with Gasteiger partial charge in [-0.3, -0.25) is 0 Å². The lowest BCUT2D eigenvalue weighted by molar-refractivity contribution is 1.13. The highest BCUT2D eigenvalue weighted by atomic mass is 15.3. The molecule has 3 heteroatoms. The SMILES string of the molecule is C/C(C#N)=C1\Nc2ccccc2N1C. The fourth-order valence-electron chi connectivity index (χ4n) is 1.60. The summed E-state index contributed by atoms with van der Waals surface area (Å²) in [5.74, 6) is 0.869. The third-order valence-corrected chi connectivity index (χ3v) is 2.38. The van der Waals surface area contributed by atoms with Crippen molar-refractivity contribution < 1.29 is 0 Å². The standard InChI is InChI=1S/C11H11N3/c1-8(7-12)11-13-9-5-3-4-6-10(9)14(11)2/h3-6,13H,1-2H3/b11-8-. The minimum Gasteiger partial charge on any atom is -0.339 e. The van der Waals surface area contributed by atoms with Gasteiger partial charge in [0.1, 0.15) is 5.82 Å². The largest absolute Gasteiger partial charge is 0.339 e. The van der Waals surface area contributed by atoms with Crippen LogP contribution in [0.4, 0.5) is 11.4 Å². The van der Waals surface area contributed by atoms with Crippen LogP contribution >= 0.6 is 0 Å². The minimum atomic E-state index is 0.698. The van der Waals surface area contributed by atoms with E-state index in [4.69, 9.17) is 5.26 Å². The number of fused-ring (bicyclic) bond motifs is 1. The molecule has 0 amide bonds. The van der Waals surface area contributed by atoms with E-state index in [1.807, 2.05) is 43.1 Å². The van der Waals surface area contributed by atoms with Crippen LogP contribution in [0.1, 0.15) is 6.92 Å². The van der Waals surface area contributed by atoms with Crippen molar-refractivity contribution >= 4 is 11.4 Å². The average Bonchev–Trinajstić information content (AvgIpc) is 2.56. The van der Waals surface area contributed by atoms with Gasteiger partial charge in [-0.1, -0.05) is 12.1 Å². The van der Waals surface area contributed by atoms with Crippen LogP contribution in [0.5, 0.6) is 0 Å². The Bertz CT molecular complexity index is 440. The molecule has 70 valence electrons. The van der Waals surface area contributed by atoms with Gasteiger partial charge in [0.25, 0.3) is 0 Å². The summed E-state index contributed by atoms with van der Waals surface area (Å²) in [6.45, 7) is 1.81. The number of nitriles is 1. The second kappa shape index (κ2) is 3.08. The number of anilines is 2. The zero-order chi connectivity index (χ0) is 10.1. The Morgan fingerprint density at radius 1 is 1.43 bits per heavy atom. The van der Waals surface area contributed by atoms with Gasteiger partial charge in [-0.15, -0.1) is 0 Å². The molecule has 1 aliphatic heterocycles. The van der Waals surface area contributed by atoms with Gasteiger partial charge in [0.15, 0.2) is 0 Å². The van der Waals surface area contributed by atoms with E-state index in [0.29, 0.717) is 5.57 Å². The molecule has 0 atom stereocenters. The topological polar surface area (TPSA) is 39.1 Å². The smallest absolute Gasteiger partial charge is 0.124 e. The first-order chi connectivity index (χ1) is 6.74. The van der Waals surface area contributed by atoms with Crippen molar-refractivity contribution in [3.8, 4) is 6.07 Å². The maximum absolute atomic E-state index is 8.82. The van der Waals surface area contributed by atoms with Gasteiger partial charge in [-0.05, 0) is 19.1 Å². The van der Waals surface area contributed by atoms with Gasteiger partial charge < -0.3 is 10.2 Å². The van der Waals surface area contributed by atoms with Crippen molar-refractivity contribution in [2.75, 3.05) is 17.3 Å². The number of nitrogens with zero attached hydrogens (tertiary/aromatic N) is 2. The number of hydrogen-bond acceptors (Lipinski definition) is 3. The maximum atomic E-state index is 8.82. The fraction of sp³-hybridized carbons (Fsp3) is 0.182. The summed E-state index contributed by atoms with van der Waals surface area (Å²) >= 11 is 0. The van der Waals surface area contributed by atoms with Crippen molar-refractivity contribution in [1.29, 1.82) is 5.26 Å².